The summed E-state index contributed by atoms with van der Waals surface area (Å²) in [6.07, 6.45) is 4.25. The first kappa shape index (κ1) is 16.1. The molecule has 0 radical (unpaired) electrons. The third kappa shape index (κ3) is 2.10. The normalized spacial score (nSPS) is 18.2. The van der Waals surface area contributed by atoms with Crippen molar-refractivity contribution < 1.29 is 9.90 Å². The Morgan fingerprint density at radius 1 is 1.38 bits per heavy atom. The predicted molar refractivity (Wildman–Crippen MR) is 95.5 cm³/mol. The number of aliphatic hydroxyl groups excluding tert-OH is 1. The number of carbonyl (C=O) groups is 1. The maximum Gasteiger partial charge on any atom is 0.253 e. The molecule has 6 heteroatoms. The summed E-state index contributed by atoms with van der Waals surface area (Å²) < 4.78 is 1.77. The number of nitrogens with zero attached hydrogens (tertiary/aromatic N) is 2. The molecule has 0 saturated heterocycles. The molecule has 1 aliphatic carbocycles. The fourth-order valence-electron chi connectivity index (χ4n) is 3.44. The molecule has 0 saturated carbocycles. The fraction of sp³-hybridized carbons (Fsp3) is 0.333. The zero-order valence-electron chi connectivity index (χ0n) is 14.3. The summed E-state index contributed by atoms with van der Waals surface area (Å²) in [5.74, 6) is 0.0552. The van der Waals surface area contributed by atoms with Crippen molar-refractivity contribution in [2.24, 2.45) is 11.7 Å². The highest BCUT2D eigenvalue weighted by atomic mass is 16.3. The van der Waals surface area contributed by atoms with Crippen LogP contribution in [-0.2, 0) is 0 Å². The van der Waals surface area contributed by atoms with Crippen LogP contribution in [0.15, 0.2) is 23.6 Å². The molecule has 2 heterocycles. The Bertz CT molecular complexity index is 934. The number of nitrogen functional groups attached to an aromatic ring is 1. The number of carbonyl (C=O) groups excluding carboxylic acids is 1. The van der Waals surface area contributed by atoms with Crippen LogP contribution in [0.3, 0.4) is 0 Å². The van der Waals surface area contributed by atoms with E-state index in [1.807, 2.05) is 20.8 Å². The molecule has 0 aliphatic heterocycles. The molecule has 2 aromatic rings. The van der Waals surface area contributed by atoms with E-state index in [2.05, 4.69) is 11.9 Å². The zero-order chi connectivity index (χ0) is 17.8. The molecule has 0 spiro atoms. The van der Waals surface area contributed by atoms with E-state index in [0.29, 0.717) is 23.0 Å². The molecule has 2 aromatic heterocycles. The second kappa shape index (κ2) is 5.40. The zero-order valence-corrected chi connectivity index (χ0v) is 14.3. The van der Waals surface area contributed by atoms with Gasteiger partial charge in [-0.15, -0.1) is 0 Å². The molecule has 5 N–H and O–H groups in total. The van der Waals surface area contributed by atoms with E-state index < -0.39 is 5.91 Å². The van der Waals surface area contributed by atoms with Crippen molar-refractivity contribution in [1.29, 1.82) is 0 Å². The molecule has 0 unspecified atom stereocenters. The SMILES string of the molecule is CC1=C(n2c(N)c(C(N)=O)c3c(C)c(C)cnc32)[C@H](C)CC=C1O. The average Bonchev–Trinajstić information content (AvgIpc) is 2.81. The van der Waals surface area contributed by atoms with Crippen molar-refractivity contribution in [1.82, 2.24) is 9.55 Å². The largest absolute Gasteiger partial charge is 0.508 e. The van der Waals surface area contributed by atoms with Crippen molar-refractivity contribution in [3.8, 4) is 0 Å². The van der Waals surface area contributed by atoms with Crippen LogP contribution in [0.2, 0.25) is 0 Å². The van der Waals surface area contributed by atoms with Crippen molar-refractivity contribution in [2.45, 2.75) is 34.1 Å². The molecule has 1 amide bonds. The van der Waals surface area contributed by atoms with Crippen LogP contribution < -0.4 is 11.5 Å². The van der Waals surface area contributed by atoms with Gasteiger partial charge in [-0.1, -0.05) is 6.92 Å². The molecule has 1 aliphatic rings. The average molecular weight is 326 g/mol. The minimum Gasteiger partial charge on any atom is -0.508 e. The van der Waals surface area contributed by atoms with Gasteiger partial charge in [-0.3, -0.25) is 9.36 Å². The lowest BCUT2D eigenvalue weighted by molar-refractivity contribution is 0.100. The summed E-state index contributed by atoms with van der Waals surface area (Å²) in [5, 5.41) is 10.8. The van der Waals surface area contributed by atoms with E-state index in [0.717, 1.165) is 22.4 Å². The van der Waals surface area contributed by atoms with Gasteiger partial charge in [-0.25, -0.2) is 4.98 Å². The number of aliphatic hydroxyl groups is 1. The van der Waals surface area contributed by atoms with Gasteiger partial charge in [0, 0.05) is 28.8 Å². The molecule has 3 rings (SSSR count). The standard InChI is InChI=1S/C18H22N4O2/c1-8-5-6-12(23)11(4)15(8)22-16(19)14(17(20)24)13-10(3)9(2)7-21-18(13)22/h6-8,23H,5,19H2,1-4H3,(H2,20,24)/t8-/m1/s1. The summed E-state index contributed by atoms with van der Waals surface area (Å²) in [6, 6.07) is 0. The number of nitrogens with two attached hydrogens (primary N) is 2. The lowest BCUT2D eigenvalue weighted by Crippen LogP contribution is -2.17. The highest BCUT2D eigenvalue weighted by Crippen LogP contribution is 2.39. The first-order valence-corrected chi connectivity index (χ1v) is 7.92. The molecule has 0 aromatic carbocycles. The van der Waals surface area contributed by atoms with Gasteiger partial charge in [0.25, 0.3) is 5.91 Å². The Hall–Kier alpha value is -2.76. The Labute approximate surface area is 140 Å². The Kier molecular flexibility index (Phi) is 3.63. The lowest BCUT2D eigenvalue weighted by atomic mass is 9.93. The maximum atomic E-state index is 12.0. The van der Waals surface area contributed by atoms with Crippen LogP contribution in [0, 0.1) is 19.8 Å². The number of amides is 1. The van der Waals surface area contributed by atoms with Gasteiger partial charge in [0.15, 0.2) is 0 Å². The van der Waals surface area contributed by atoms with Gasteiger partial charge in [-0.05, 0) is 44.4 Å². The van der Waals surface area contributed by atoms with Gasteiger partial charge in [0.2, 0.25) is 0 Å². The molecule has 126 valence electrons. The number of pyridine rings is 1. The minimum absolute atomic E-state index is 0.128. The quantitative estimate of drug-likeness (QED) is 0.788. The van der Waals surface area contributed by atoms with E-state index in [1.54, 1.807) is 16.8 Å². The molecule has 24 heavy (non-hydrogen) atoms. The second-order valence-electron chi connectivity index (χ2n) is 6.46. The van der Waals surface area contributed by atoms with Crippen LogP contribution in [0.25, 0.3) is 16.7 Å². The number of allylic oxidation sites excluding steroid dienone is 3. The van der Waals surface area contributed by atoms with E-state index in [4.69, 9.17) is 11.5 Å². The number of rotatable bonds is 2. The molecule has 0 bridgehead atoms. The van der Waals surface area contributed by atoms with Crippen LogP contribution in [0.4, 0.5) is 5.82 Å². The smallest absolute Gasteiger partial charge is 0.253 e. The third-order valence-corrected chi connectivity index (χ3v) is 4.92. The fourth-order valence-corrected chi connectivity index (χ4v) is 3.44. The van der Waals surface area contributed by atoms with Gasteiger partial charge < -0.3 is 16.6 Å². The van der Waals surface area contributed by atoms with Crippen LogP contribution in [-0.4, -0.2) is 20.6 Å². The van der Waals surface area contributed by atoms with Gasteiger partial charge >= 0.3 is 0 Å². The van der Waals surface area contributed by atoms with Crippen LogP contribution in [0.1, 0.15) is 41.8 Å². The maximum absolute atomic E-state index is 12.0. The van der Waals surface area contributed by atoms with E-state index in [-0.39, 0.29) is 17.5 Å². The third-order valence-electron chi connectivity index (χ3n) is 4.92. The molecular formula is C18H22N4O2. The number of primary amides is 1. The van der Waals surface area contributed by atoms with E-state index in [1.165, 1.54) is 0 Å². The van der Waals surface area contributed by atoms with Gasteiger partial charge in [-0.2, -0.15) is 0 Å². The first-order valence-electron chi connectivity index (χ1n) is 7.92. The van der Waals surface area contributed by atoms with E-state index in [9.17, 15) is 9.90 Å². The monoisotopic (exact) mass is 326 g/mol. The van der Waals surface area contributed by atoms with Crippen LogP contribution in [0.5, 0.6) is 0 Å². The summed E-state index contributed by atoms with van der Waals surface area (Å²) in [6.45, 7) is 7.76. The lowest BCUT2D eigenvalue weighted by Gasteiger charge is -2.24. The number of aryl methyl sites for hydroxylation is 2. The predicted octanol–water partition coefficient (Wildman–Crippen LogP) is 3.05. The first-order chi connectivity index (χ1) is 11.3. The number of anilines is 1. The number of fused-ring (bicyclic) bond motifs is 1. The number of aromatic nitrogens is 2. The van der Waals surface area contributed by atoms with Crippen molar-refractivity contribution in [3.63, 3.8) is 0 Å². The number of hydrogen-bond donors (Lipinski definition) is 3. The van der Waals surface area contributed by atoms with Crippen molar-refractivity contribution >= 4 is 28.5 Å². The van der Waals surface area contributed by atoms with Crippen molar-refractivity contribution in [3.05, 3.63) is 40.3 Å². The topological polar surface area (TPSA) is 107 Å². The van der Waals surface area contributed by atoms with Gasteiger partial charge in [0.05, 0.1) is 5.56 Å². The molecular weight excluding hydrogens is 304 g/mol. The highest BCUT2D eigenvalue weighted by Gasteiger charge is 2.28. The Morgan fingerprint density at radius 3 is 2.67 bits per heavy atom. The summed E-state index contributed by atoms with van der Waals surface area (Å²) in [7, 11) is 0. The van der Waals surface area contributed by atoms with Crippen LogP contribution >= 0.6 is 0 Å². The summed E-state index contributed by atoms with van der Waals surface area (Å²) in [5.41, 5.74) is 16.3. The Morgan fingerprint density at radius 2 is 2.04 bits per heavy atom. The minimum atomic E-state index is -0.576. The summed E-state index contributed by atoms with van der Waals surface area (Å²) >= 11 is 0. The molecule has 0 fully saturated rings. The van der Waals surface area contributed by atoms with Gasteiger partial charge in [0.1, 0.15) is 17.2 Å². The second-order valence-corrected chi connectivity index (χ2v) is 6.46. The molecule has 1 atom stereocenters. The summed E-state index contributed by atoms with van der Waals surface area (Å²) in [4.78, 5) is 16.6. The Balaban J connectivity index is 2.49. The van der Waals surface area contributed by atoms with E-state index >= 15 is 0 Å². The number of hydrogen-bond acceptors (Lipinski definition) is 4. The highest BCUT2D eigenvalue weighted by molar-refractivity contribution is 6.12. The van der Waals surface area contributed by atoms with Crippen molar-refractivity contribution in [2.75, 3.05) is 5.73 Å². The molecule has 6 nitrogen and oxygen atoms in total.